The summed E-state index contributed by atoms with van der Waals surface area (Å²) in [5, 5.41) is 2.57. The van der Waals surface area contributed by atoms with Gasteiger partial charge in [-0.2, -0.15) is 0 Å². The highest BCUT2D eigenvalue weighted by Crippen LogP contribution is 2.13. The van der Waals surface area contributed by atoms with Crippen LogP contribution in [0.5, 0.6) is 0 Å². The molecule has 1 N–H and O–H groups in total. The lowest BCUT2D eigenvalue weighted by molar-refractivity contribution is -0.146. The summed E-state index contributed by atoms with van der Waals surface area (Å²) in [6, 6.07) is 5.35. The Kier molecular flexibility index (Phi) is 8.83. The molecule has 0 bridgehead atoms. The third kappa shape index (κ3) is 6.54. The maximum absolute atomic E-state index is 12.4. The van der Waals surface area contributed by atoms with E-state index in [4.69, 9.17) is 9.47 Å². The highest BCUT2D eigenvalue weighted by Gasteiger charge is 2.24. The van der Waals surface area contributed by atoms with E-state index in [9.17, 15) is 19.2 Å². The fourth-order valence-electron chi connectivity index (χ4n) is 2.14. The zero-order valence-corrected chi connectivity index (χ0v) is 15.2. The lowest BCUT2D eigenvalue weighted by Gasteiger charge is -2.17. The summed E-state index contributed by atoms with van der Waals surface area (Å²) in [6.45, 7) is 3.76. The van der Waals surface area contributed by atoms with Crippen LogP contribution in [-0.4, -0.2) is 50.6 Å². The summed E-state index contributed by atoms with van der Waals surface area (Å²) in [5.41, 5.74) is 0.944. The third-order valence-electron chi connectivity index (χ3n) is 3.51. The minimum atomic E-state index is -0.954. The van der Waals surface area contributed by atoms with Crippen molar-refractivity contribution in [3.8, 4) is 0 Å². The normalized spacial score (nSPS) is 11.2. The Balaban J connectivity index is 2.78. The van der Waals surface area contributed by atoms with Gasteiger partial charge in [-0.15, -0.1) is 0 Å². The Morgan fingerprint density at radius 3 is 2.27 bits per heavy atom. The molecule has 0 saturated carbocycles. The Morgan fingerprint density at radius 2 is 1.73 bits per heavy atom. The highest BCUT2D eigenvalue weighted by atomic mass is 16.5. The maximum atomic E-state index is 12.4. The predicted octanol–water partition coefficient (Wildman–Crippen LogP) is 1.28. The zero-order chi connectivity index (χ0) is 19.5. The molecule has 1 aromatic carbocycles. The van der Waals surface area contributed by atoms with Crippen LogP contribution >= 0.6 is 0 Å². The minimum Gasteiger partial charge on any atom is -0.466 e. The number of rotatable bonds is 10. The van der Waals surface area contributed by atoms with E-state index in [0.29, 0.717) is 17.7 Å². The molecule has 1 rings (SSSR count). The molecule has 8 heteroatoms. The summed E-state index contributed by atoms with van der Waals surface area (Å²) < 4.78 is 9.78. The molecular formula is C18H24N2O6. The number of ether oxygens (including phenoxy) is 2. The van der Waals surface area contributed by atoms with Crippen LogP contribution in [0.4, 0.5) is 5.69 Å². The summed E-state index contributed by atoms with van der Waals surface area (Å²) in [4.78, 5) is 48.0. The number of amides is 2. The molecule has 0 aliphatic rings. The quantitative estimate of drug-likeness (QED) is 0.496. The molecule has 0 aliphatic heterocycles. The van der Waals surface area contributed by atoms with Crippen LogP contribution in [0, 0.1) is 0 Å². The number of esters is 2. The van der Waals surface area contributed by atoms with Crippen molar-refractivity contribution in [2.24, 2.45) is 0 Å². The number of nitrogens with one attached hydrogen (secondary N) is 1. The number of hydrogen-bond acceptors (Lipinski definition) is 6. The van der Waals surface area contributed by atoms with Crippen LogP contribution in [0.1, 0.15) is 37.0 Å². The number of anilines is 1. The van der Waals surface area contributed by atoms with Crippen molar-refractivity contribution in [2.45, 2.75) is 32.7 Å². The number of nitrogens with zero attached hydrogens (tertiary/aromatic N) is 1. The molecule has 1 aromatic rings. The number of benzene rings is 1. The molecule has 0 radical (unpaired) electrons. The lowest BCUT2D eigenvalue weighted by atomic mass is 10.1. The first-order valence-electron chi connectivity index (χ1n) is 8.34. The molecular weight excluding hydrogens is 340 g/mol. The van der Waals surface area contributed by atoms with E-state index in [2.05, 4.69) is 5.32 Å². The second kappa shape index (κ2) is 10.9. The fourth-order valence-corrected chi connectivity index (χ4v) is 2.14. The Bertz CT molecular complexity index is 629. The molecule has 0 heterocycles. The Hall–Kier alpha value is -2.90. The first-order chi connectivity index (χ1) is 12.4. The molecule has 2 amide bonds. The van der Waals surface area contributed by atoms with E-state index in [1.165, 1.54) is 17.0 Å². The first-order valence-corrected chi connectivity index (χ1v) is 8.34. The minimum absolute atomic E-state index is 0.0132. The second-order valence-electron chi connectivity index (χ2n) is 5.38. The van der Waals surface area contributed by atoms with Gasteiger partial charge in [-0.3, -0.25) is 14.4 Å². The molecule has 0 aromatic heterocycles. The van der Waals surface area contributed by atoms with Gasteiger partial charge in [0.2, 0.25) is 6.41 Å². The van der Waals surface area contributed by atoms with Gasteiger partial charge in [0.1, 0.15) is 6.04 Å². The van der Waals surface area contributed by atoms with E-state index in [-0.39, 0.29) is 26.1 Å². The van der Waals surface area contributed by atoms with Crippen LogP contribution in [0.2, 0.25) is 0 Å². The number of carbonyl (C=O) groups excluding carboxylic acids is 4. The average molecular weight is 364 g/mol. The van der Waals surface area contributed by atoms with Crippen molar-refractivity contribution in [1.29, 1.82) is 0 Å². The van der Waals surface area contributed by atoms with Crippen LogP contribution in [0.15, 0.2) is 24.3 Å². The van der Waals surface area contributed by atoms with E-state index in [1.54, 1.807) is 33.0 Å². The van der Waals surface area contributed by atoms with Gasteiger partial charge in [0.25, 0.3) is 5.91 Å². The van der Waals surface area contributed by atoms with Crippen molar-refractivity contribution in [3.63, 3.8) is 0 Å². The van der Waals surface area contributed by atoms with Crippen molar-refractivity contribution in [1.82, 2.24) is 5.32 Å². The van der Waals surface area contributed by atoms with Gasteiger partial charge < -0.3 is 19.7 Å². The van der Waals surface area contributed by atoms with E-state index in [0.717, 1.165) is 0 Å². The highest BCUT2D eigenvalue weighted by molar-refractivity contribution is 5.97. The molecule has 26 heavy (non-hydrogen) atoms. The number of hydrogen-bond donors (Lipinski definition) is 1. The molecule has 0 fully saturated rings. The third-order valence-corrected chi connectivity index (χ3v) is 3.51. The monoisotopic (exact) mass is 364 g/mol. The van der Waals surface area contributed by atoms with Crippen molar-refractivity contribution in [2.75, 3.05) is 25.2 Å². The van der Waals surface area contributed by atoms with Gasteiger partial charge in [-0.1, -0.05) is 0 Å². The Morgan fingerprint density at radius 1 is 1.12 bits per heavy atom. The van der Waals surface area contributed by atoms with Gasteiger partial charge in [-0.25, -0.2) is 4.79 Å². The number of carbonyl (C=O) groups is 4. The van der Waals surface area contributed by atoms with Crippen LogP contribution in [0.25, 0.3) is 0 Å². The molecule has 142 valence electrons. The van der Waals surface area contributed by atoms with Gasteiger partial charge in [0.05, 0.1) is 13.2 Å². The van der Waals surface area contributed by atoms with E-state index >= 15 is 0 Å². The van der Waals surface area contributed by atoms with E-state index in [1.807, 2.05) is 0 Å². The van der Waals surface area contributed by atoms with Crippen LogP contribution < -0.4 is 10.2 Å². The maximum Gasteiger partial charge on any atom is 0.328 e. The van der Waals surface area contributed by atoms with Crippen LogP contribution in [-0.2, 0) is 23.9 Å². The molecule has 8 nitrogen and oxygen atoms in total. The van der Waals surface area contributed by atoms with Gasteiger partial charge in [-0.05, 0) is 44.5 Å². The molecule has 0 spiro atoms. The van der Waals surface area contributed by atoms with Gasteiger partial charge in [0, 0.05) is 24.7 Å². The standard InChI is InChI=1S/C18H24N2O6/c1-4-25-16(22)11-10-15(18(24)26-5-2)19-17(23)13-6-8-14(9-7-13)20(3)12-21/h6-9,12,15H,4-5,10-11H2,1-3H3,(H,19,23)/t15-/m1/s1. The Labute approximate surface area is 152 Å². The van der Waals surface area contributed by atoms with Crippen molar-refractivity contribution in [3.05, 3.63) is 29.8 Å². The predicted molar refractivity (Wildman–Crippen MR) is 94.7 cm³/mol. The summed E-state index contributed by atoms with van der Waals surface area (Å²) in [6.07, 6.45) is 0.720. The zero-order valence-electron chi connectivity index (χ0n) is 15.2. The van der Waals surface area contributed by atoms with Crippen molar-refractivity contribution < 1.29 is 28.7 Å². The fraction of sp³-hybridized carbons (Fsp3) is 0.444. The molecule has 1 atom stereocenters. The molecule has 0 aliphatic carbocycles. The van der Waals surface area contributed by atoms with Crippen LogP contribution in [0.3, 0.4) is 0 Å². The largest absolute Gasteiger partial charge is 0.466 e. The summed E-state index contributed by atoms with van der Waals surface area (Å²) >= 11 is 0. The first kappa shape index (κ1) is 21.1. The smallest absolute Gasteiger partial charge is 0.328 e. The van der Waals surface area contributed by atoms with Gasteiger partial charge in [0.15, 0.2) is 0 Å². The SMILES string of the molecule is CCOC(=O)CC[C@@H](NC(=O)c1ccc(N(C)C=O)cc1)C(=O)OCC. The van der Waals surface area contributed by atoms with E-state index < -0.39 is 23.9 Å². The molecule has 0 unspecified atom stereocenters. The topological polar surface area (TPSA) is 102 Å². The summed E-state index contributed by atoms with van der Waals surface area (Å²) in [7, 11) is 1.59. The van der Waals surface area contributed by atoms with Crippen molar-refractivity contribution >= 4 is 29.9 Å². The second-order valence-corrected chi connectivity index (χ2v) is 5.38. The summed E-state index contributed by atoms with van der Waals surface area (Å²) in [5.74, 6) is -1.54. The average Bonchev–Trinajstić information content (AvgIpc) is 2.64. The molecule has 0 saturated heterocycles. The van der Waals surface area contributed by atoms with Gasteiger partial charge >= 0.3 is 11.9 Å². The lowest BCUT2D eigenvalue weighted by Crippen LogP contribution is -2.42.